The van der Waals surface area contributed by atoms with Crippen LogP contribution in [0.5, 0.6) is 0 Å². The second-order valence-electron chi connectivity index (χ2n) is 4.52. The van der Waals surface area contributed by atoms with Gasteiger partial charge in [-0.05, 0) is 23.8 Å². The topological polar surface area (TPSA) is 68.8 Å². The molecular weight excluding hydrogens is 286 g/mol. The van der Waals surface area contributed by atoms with E-state index < -0.39 is 0 Å². The highest BCUT2D eigenvalue weighted by Crippen LogP contribution is 2.26. The van der Waals surface area contributed by atoms with Crippen LogP contribution in [-0.2, 0) is 0 Å². The zero-order chi connectivity index (χ0) is 14.7. The molecule has 0 aliphatic rings. The van der Waals surface area contributed by atoms with Crippen molar-refractivity contribution in [1.29, 1.82) is 0 Å². The van der Waals surface area contributed by atoms with Crippen LogP contribution in [0.4, 0.5) is 0 Å². The number of para-hydroxylation sites is 1. The SMILES string of the molecule is NNC(c1cnn(-c2ccccc2)n1)c1ccccc1Cl. The normalized spacial score (nSPS) is 12.3. The molecule has 0 bridgehead atoms. The molecule has 3 N–H and O–H groups in total. The first-order valence-corrected chi connectivity index (χ1v) is 6.85. The zero-order valence-electron chi connectivity index (χ0n) is 11.1. The monoisotopic (exact) mass is 299 g/mol. The molecule has 3 aromatic rings. The Bertz CT molecular complexity index is 726. The van der Waals surface area contributed by atoms with Gasteiger partial charge >= 0.3 is 0 Å². The molecule has 1 unspecified atom stereocenters. The van der Waals surface area contributed by atoms with E-state index in [1.165, 1.54) is 0 Å². The van der Waals surface area contributed by atoms with Crippen LogP contribution in [0.2, 0.25) is 5.02 Å². The average Bonchev–Trinajstić information content (AvgIpc) is 3.00. The molecule has 21 heavy (non-hydrogen) atoms. The van der Waals surface area contributed by atoms with Gasteiger partial charge in [0.05, 0.1) is 17.9 Å². The molecule has 0 aliphatic heterocycles. The minimum Gasteiger partial charge on any atom is -0.271 e. The molecule has 2 aromatic carbocycles. The quantitative estimate of drug-likeness (QED) is 0.573. The first kappa shape index (κ1) is 13.8. The summed E-state index contributed by atoms with van der Waals surface area (Å²) in [6.45, 7) is 0. The number of hydrogen-bond acceptors (Lipinski definition) is 4. The van der Waals surface area contributed by atoms with Crippen molar-refractivity contribution in [2.24, 2.45) is 5.84 Å². The number of aromatic nitrogens is 3. The van der Waals surface area contributed by atoms with Gasteiger partial charge < -0.3 is 0 Å². The standard InChI is InChI=1S/C15H14ClN5/c16-13-9-5-4-8-12(13)15(19-17)14-10-18-21(20-14)11-6-2-1-3-7-11/h1-10,15,19H,17H2. The lowest BCUT2D eigenvalue weighted by molar-refractivity contribution is 0.609. The fourth-order valence-corrected chi connectivity index (χ4v) is 2.38. The van der Waals surface area contributed by atoms with Crippen molar-refractivity contribution < 1.29 is 0 Å². The van der Waals surface area contributed by atoms with Gasteiger partial charge in [0, 0.05) is 5.02 Å². The van der Waals surface area contributed by atoms with Crippen molar-refractivity contribution in [3.05, 3.63) is 77.1 Å². The third-order valence-corrected chi connectivity index (χ3v) is 3.52. The Balaban J connectivity index is 1.96. The van der Waals surface area contributed by atoms with Crippen molar-refractivity contribution in [2.45, 2.75) is 6.04 Å². The second-order valence-corrected chi connectivity index (χ2v) is 4.92. The summed E-state index contributed by atoms with van der Waals surface area (Å²) in [6, 6.07) is 16.9. The van der Waals surface area contributed by atoms with E-state index in [0.717, 1.165) is 11.3 Å². The average molecular weight is 300 g/mol. The minimum absolute atomic E-state index is 0.309. The number of nitrogens with two attached hydrogens (primary N) is 1. The lowest BCUT2D eigenvalue weighted by atomic mass is 10.1. The van der Waals surface area contributed by atoms with Crippen molar-refractivity contribution in [3.63, 3.8) is 0 Å². The third kappa shape index (κ3) is 2.80. The zero-order valence-corrected chi connectivity index (χ0v) is 11.9. The van der Waals surface area contributed by atoms with Crippen LogP contribution in [0.15, 0.2) is 60.8 Å². The summed E-state index contributed by atoms with van der Waals surface area (Å²) >= 11 is 6.22. The number of rotatable bonds is 4. The maximum Gasteiger partial charge on any atom is 0.106 e. The molecule has 6 heteroatoms. The van der Waals surface area contributed by atoms with Gasteiger partial charge in [0.1, 0.15) is 5.69 Å². The van der Waals surface area contributed by atoms with Crippen molar-refractivity contribution in [3.8, 4) is 5.69 Å². The lowest BCUT2D eigenvalue weighted by Crippen LogP contribution is -2.29. The number of hydrazine groups is 1. The second kappa shape index (κ2) is 6.05. The summed E-state index contributed by atoms with van der Waals surface area (Å²) in [6.07, 6.45) is 1.68. The Hall–Kier alpha value is -2.21. The molecule has 0 amide bonds. The summed E-state index contributed by atoms with van der Waals surface area (Å²) in [7, 11) is 0. The first-order valence-electron chi connectivity index (χ1n) is 6.48. The Morgan fingerprint density at radius 1 is 1.05 bits per heavy atom. The maximum atomic E-state index is 6.22. The van der Waals surface area contributed by atoms with E-state index in [0.29, 0.717) is 10.7 Å². The van der Waals surface area contributed by atoms with E-state index in [-0.39, 0.29) is 6.04 Å². The lowest BCUT2D eigenvalue weighted by Gasteiger charge is -2.14. The fourth-order valence-electron chi connectivity index (χ4n) is 2.14. The molecule has 1 heterocycles. The maximum absolute atomic E-state index is 6.22. The van der Waals surface area contributed by atoms with Gasteiger partial charge in [0.15, 0.2) is 0 Å². The van der Waals surface area contributed by atoms with E-state index in [9.17, 15) is 0 Å². The molecule has 0 spiro atoms. The fraction of sp³-hybridized carbons (Fsp3) is 0.0667. The number of halogens is 1. The molecule has 0 fully saturated rings. The Morgan fingerprint density at radius 2 is 1.76 bits per heavy atom. The molecule has 0 saturated heterocycles. The smallest absolute Gasteiger partial charge is 0.106 e. The summed E-state index contributed by atoms with van der Waals surface area (Å²) in [4.78, 5) is 1.57. The number of hydrogen-bond donors (Lipinski definition) is 2. The van der Waals surface area contributed by atoms with E-state index in [2.05, 4.69) is 15.6 Å². The Labute approximate surface area is 127 Å². The predicted molar refractivity (Wildman–Crippen MR) is 82.0 cm³/mol. The van der Waals surface area contributed by atoms with Crippen LogP contribution in [0, 0.1) is 0 Å². The van der Waals surface area contributed by atoms with Gasteiger partial charge in [-0.1, -0.05) is 48.0 Å². The molecule has 5 nitrogen and oxygen atoms in total. The molecule has 0 aliphatic carbocycles. The summed E-state index contributed by atoms with van der Waals surface area (Å²) < 4.78 is 0. The van der Waals surface area contributed by atoms with Crippen LogP contribution in [0.3, 0.4) is 0 Å². The Kier molecular flexibility index (Phi) is 3.96. The molecule has 0 saturated carbocycles. The van der Waals surface area contributed by atoms with Crippen LogP contribution >= 0.6 is 11.6 Å². The van der Waals surface area contributed by atoms with Gasteiger partial charge in [-0.15, -0.1) is 0 Å². The molecule has 0 radical (unpaired) electrons. The van der Waals surface area contributed by atoms with Crippen molar-refractivity contribution in [1.82, 2.24) is 20.4 Å². The van der Waals surface area contributed by atoms with Gasteiger partial charge in [-0.25, -0.2) is 5.43 Å². The molecule has 106 valence electrons. The largest absolute Gasteiger partial charge is 0.271 e. The third-order valence-electron chi connectivity index (χ3n) is 3.18. The van der Waals surface area contributed by atoms with Crippen LogP contribution in [-0.4, -0.2) is 15.0 Å². The Morgan fingerprint density at radius 3 is 2.48 bits per heavy atom. The van der Waals surface area contributed by atoms with E-state index in [1.807, 2.05) is 54.6 Å². The minimum atomic E-state index is -0.309. The number of benzene rings is 2. The molecular formula is C15H14ClN5. The van der Waals surface area contributed by atoms with E-state index >= 15 is 0 Å². The van der Waals surface area contributed by atoms with Gasteiger partial charge in [0.2, 0.25) is 0 Å². The highest BCUT2D eigenvalue weighted by atomic mass is 35.5. The van der Waals surface area contributed by atoms with Gasteiger partial charge in [-0.2, -0.15) is 15.0 Å². The van der Waals surface area contributed by atoms with Gasteiger partial charge in [0.25, 0.3) is 0 Å². The molecule has 1 aromatic heterocycles. The van der Waals surface area contributed by atoms with Crippen molar-refractivity contribution >= 4 is 11.6 Å². The molecule has 1 atom stereocenters. The molecule has 3 rings (SSSR count). The van der Waals surface area contributed by atoms with Gasteiger partial charge in [-0.3, -0.25) is 5.84 Å². The number of nitrogens with zero attached hydrogens (tertiary/aromatic N) is 3. The van der Waals surface area contributed by atoms with Crippen LogP contribution < -0.4 is 11.3 Å². The summed E-state index contributed by atoms with van der Waals surface area (Å²) in [5.74, 6) is 5.67. The first-order chi connectivity index (χ1) is 10.3. The predicted octanol–water partition coefficient (Wildman–Crippen LogP) is 2.47. The number of nitrogens with one attached hydrogen (secondary N) is 1. The van der Waals surface area contributed by atoms with Crippen LogP contribution in [0.1, 0.15) is 17.3 Å². The van der Waals surface area contributed by atoms with E-state index in [4.69, 9.17) is 17.4 Å². The van der Waals surface area contributed by atoms with E-state index in [1.54, 1.807) is 11.0 Å². The van der Waals surface area contributed by atoms with Crippen LogP contribution in [0.25, 0.3) is 5.69 Å². The van der Waals surface area contributed by atoms with Crippen molar-refractivity contribution in [2.75, 3.05) is 0 Å². The highest BCUT2D eigenvalue weighted by molar-refractivity contribution is 6.31. The summed E-state index contributed by atoms with van der Waals surface area (Å²) in [5, 5.41) is 9.38. The summed E-state index contributed by atoms with van der Waals surface area (Å²) in [5.41, 5.74) is 5.19. The highest BCUT2D eigenvalue weighted by Gasteiger charge is 2.18.